The molecule has 0 radical (unpaired) electrons. The quantitative estimate of drug-likeness (QED) is 0.787. The van der Waals surface area contributed by atoms with Crippen LogP contribution in [0.5, 0.6) is 0 Å². The highest BCUT2D eigenvalue weighted by Crippen LogP contribution is 2.15. The van der Waals surface area contributed by atoms with Crippen LogP contribution in [0, 0.1) is 0 Å². The fourth-order valence-corrected chi connectivity index (χ4v) is 3.26. The smallest absolute Gasteiger partial charge is 0.122 e. The highest BCUT2D eigenvalue weighted by molar-refractivity contribution is 5.14. The maximum atomic E-state index is 5.95. The van der Waals surface area contributed by atoms with Crippen molar-refractivity contribution in [2.75, 3.05) is 19.7 Å². The van der Waals surface area contributed by atoms with E-state index in [1.807, 2.05) is 6.20 Å². The molecule has 0 aliphatic carbocycles. The molecule has 124 valence electrons. The van der Waals surface area contributed by atoms with E-state index in [-0.39, 0.29) is 0 Å². The Bertz CT molecular complexity index is 581. The number of aromatic nitrogens is 2. The van der Waals surface area contributed by atoms with Crippen molar-refractivity contribution < 1.29 is 4.74 Å². The third-order valence-electron chi connectivity index (χ3n) is 4.56. The van der Waals surface area contributed by atoms with Crippen LogP contribution in [-0.2, 0) is 24.2 Å². The Balaban J connectivity index is 1.44. The summed E-state index contributed by atoms with van der Waals surface area (Å²) < 4.78 is 8.18. The van der Waals surface area contributed by atoms with Gasteiger partial charge in [0.15, 0.2) is 0 Å². The summed E-state index contributed by atoms with van der Waals surface area (Å²) in [5, 5.41) is 0. The zero-order chi connectivity index (χ0) is 15.9. The normalized spacial score (nSPS) is 19.1. The van der Waals surface area contributed by atoms with E-state index in [2.05, 4.69) is 57.9 Å². The standard InChI is InChI=1S/C19H27N3O/c1-2-22-12-11-20-19(22)16-21-13-14-23-18(15-21)10-6-9-17-7-4-3-5-8-17/h3-5,7-8,11-12,18H,2,6,9-10,13-16H2,1H3/t18-/m0/s1. The van der Waals surface area contributed by atoms with Gasteiger partial charge in [-0.3, -0.25) is 4.90 Å². The molecule has 0 saturated carbocycles. The minimum atomic E-state index is 0.359. The molecule has 3 rings (SSSR count). The summed E-state index contributed by atoms with van der Waals surface area (Å²) in [7, 11) is 0. The minimum Gasteiger partial charge on any atom is -0.376 e. The molecule has 23 heavy (non-hydrogen) atoms. The number of nitrogens with zero attached hydrogens (tertiary/aromatic N) is 3. The molecule has 0 N–H and O–H groups in total. The fourth-order valence-electron chi connectivity index (χ4n) is 3.26. The van der Waals surface area contributed by atoms with E-state index in [1.165, 1.54) is 12.0 Å². The van der Waals surface area contributed by atoms with Crippen LogP contribution in [0.4, 0.5) is 0 Å². The summed E-state index contributed by atoms with van der Waals surface area (Å²) in [6.07, 6.45) is 7.78. The topological polar surface area (TPSA) is 30.3 Å². The summed E-state index contributed by atoms with van der Waals surface area (Å²) in [6, 6.07) is 10.7. The van der Waals surface area contributed by atoms with Gasteiger partial charge in [0.25, 0.3) is 0 Å². The summed E-state index contributed by atoms with van der Waals surface area (Å²) in [4.78, 5) is 6.97. The number of ether oxygens (including phenoxy) is 1. The average Bonchev–Trinajstić information content (AvgIpc) is 3.03. The summed E-state index contributed by atoms with van der Waals surface area (Å²) in [5.74, 6) is 1.16. The van der Waals surface area contributed by atoms with Crippen LogP contribution in [0.1, 0.15) is 31.2 Å². The minimum absolute atomic E-state index is 0.359. The number of imidazole rings is 1. The van der Waals surface area contributed by atoms with Gasteiger partial charge in [0.1, 0.15) is 5.82 Å². The van der Waals surface area contributed by atoms with Gasteiger partial charge in [-0.2, -0.15) is 0 Å². The van der Waals surface area contributed by atoms with Crippen LogP contribution in [-0.4, -0.2) is 40.3 Å². The highest BCUT2D eigenvalue weighted by Gasteiger charge is 2.21. The first kappa shape index (κ1) is 16.2. The largest absolute Gasteiger partial charge is 0.376 e. The van der Waals surface area contributed by atoms with Crippen LogP contribution in [0.3, 0.4) is 0 Å². The third kappa shape index (κ3) is 4.66. The Morgan fingerprint density at radius 1 is 1.26 bits per heavy atom. The lowest BCUT2D eigenvalue weighted by atomic mass is 10.1. The molecule has 4 heteroatoms. The molecule has 1 aromatic carbocycles. The summed E-state index contributed by atoms with van der Waals surface area (Å²) in [5.41, 5.74) is 1.42. The monoisotopic (exact) mass is 313 g/mol. The molecule has 1 atom stereocenters. The van der Waals surface area contributed by atoms with Gasteiger partial charge in [-0.1, -0.05) is 30.3 Å². The molecular formula is C19H27N3O. The van der Waals surface area contributed by atoms with Gasteiger partial charge in [-0.05, 0) is 31.7 Å². The second kappa shape index (κ2) is 8.27. The molecule has 0 amide bonds. The van der Waals surface area contributed by atoms with Crippen molar-refractivity contribution in [2.24, 2.45) is 0 Å². The Labute approximate surface area is 139 Å². The number of aryl methyl sites for hydroxylation is 2. The van der Waals surface area contributed by atoms with Crippen molar-refractivity contribution in [2.45, 2.75) is 45.4 Å². The fraction of sp³-hybridized carbons (Fsp3) is 0.526. The molecule has 0 spiro atoms. The molecule has 2 aromatic rings. The Kier molecular flexibility index (Phi) is 5.83. The van der Waals surface area contributed by atoms with E-state index >= 15 is 0 Å². The van der Waals surface area contributed by atoms with E-state index in [0.29, 0.717) is 6.10 Å². The van der Waals surface area contributed by atoms with Crippen LogP contribution < -0.4 is 0 Å². The van der Waals surface area contributed by atoms with E-state index < -0.39 is 0 Å². The predicted molar refractivity (Wildman–Crippen MR) is 92.3 cm³/mol. The second-order valence-electron chi connectivity index (χ2n) is 6.24. The summed E-state index contributed by atoms with van der Waals surface area (Å²) >= 11 is 0. The molecule has 1 fully saturated rings. The highest BCUT2D eigenvalue weighted by atomic mass is 16.5. The number of morpholine rings is 1. The number of hydrogen-bond acceptors (Lipinski definition) is 3. The van der Waals surface area contributed by atoms with Gasteiger partial charge in [0.2, 0.25) is 0 Å². The van der Waals surface area contributed by atoms with Crippen LogP contribution in [0.15, 0.2) is 42.7 Å². The number of hydrogen-bond donors (Lipinski definition) is 0. The van der Waals surface area contributed by atoms with E-state index in [4.69, 9.17) is 4.74 Å². The second-order valence-corrected chi connectivity index (χ2v) is 6.24. The lowest BCUT2D eigenvalue weighted by molar-refractivity contribution is -0.0364. The van der Waals surface area contributed by atoms with Crippen LogP contribution in [0.25, 0.3) is 0 Å². The van der Waals surface area contributed by atoms with Gasteiger partial charge in [0, 0.05) is 32.0 Å². The maximum Gasteiger partial charge on any atom is 0.122 e. The van der Waals surface area contributed by atoms with Gasteiger partial charge in [0.05, 0.1) is 19.3 Å². The van der Waals surface area contributed by atoms with E-state index in [9.17, 15) is 0 Å². The molecule has 0 unspecified atom stereocenters. The zero-order valence-corrected chi connectivity index (χ0v) is 14.0. The molecule has 0 bridgehead atoms. The Hall–Kier alpha value is -1.65. The Morgan fingerprint density at radius 2 is 2.13 bits per heavy atom. The molecular weight excluding hydrogens is 286 g/mol. The first-order valence-electron chi connectivity index (χ1n) is 8.73. The van der Waals surface area contributed by atoms with Gasteiger partial charge < -0.3 is 9.30 Å². The van der Waals surface area contributed by atoms with Gasteiger partial charge in [-0.25, -0.2) is 4.98 Å². The van der Waals surface area contributed by atoms with E-state index in [1.54, 1.807) is 0 Å². The van der Waals surface area contributed by atoms with E-state index in [0.717, 1.165) is 51.5 Å². The molecule has 4 nitrogen and oxygen atoms in total. The number of benzene rings is 1. The maximum absolute atomic E-state index is 5.95. The van der Waals surface area contributed by atoms with Crippen molar-refractivity contribution in [3.63, 3.8) is 0 Å². The Morgan fingerprint density at radius 3 is 2.96 bits per heavy atom. The van der Waals surface area contributed by atoms with Crippen molar-refractivity contribution >= 4 is 0 Å². The van der Waals surface area contributed by atoms with Gasteiger partial charge >= 0.3 is 0 Å². The third-order valence-corrected chi connectivity index (χ3v) is 4.56. The SMILES string of the molecule is CCn1ccnc1CN1CCO[C@@H](CCCc2ccccc2)C1. The molecule has 1 saturated heterocycles. The van der Waals surface area contributed by atoms with Crippen molar-refractivity contribution in [1.29, 1.82) is 0 Å². The van der Waals surface area contributed by atoms with Crippen molar-refractivity contribution in [1.82, 2.24) is 14.5 Å². The molecule has 1 aliphatic rings. The predicted octanol–water partition coefficient (Wildman–Crippen LogP) is 3.13. The van der Waals surface area contributed by atoms with Crippen LogP contribution in [0.2, 0.25) is 0 Å². The van der Waals surface area contributed by atoms with Crippen LogP contribution >= 0.6 is 0 Å². The molecule has 2 heterocycles. The first-order chi connectivity index (χ1) is 11.3. The lowest BCUT2D eigenvalue weighted by Gasteiger charge is -2.32. The average molecular weight is 313 g/mol. The lowest BCUT2D eigenvalue weighted by Crippen LogP contribution is -2.42. The van der Waals surface area contributed by atoms with Gasteiger partial charge in [-0.15, -0.1) is 0 Å². The zero-order valence-electron chi connectivity index (χ0n) is 14.0. The number of rotatable bonds is 7. The first-order valence-corrected chi connectivity index (χ1v) is 8.73. The van der Waals surface area contributed by atoms with Crippen molar-refractivity contribution in [3.8, 4) is 0 Å². The van der Waals surface area contributed by atoms with Crippen molar-refractivity contribution in [3.05, 3.63) is 54.1 Å². The molecule has 1 aliphatic heterocycles. The summed E-state index contributed by atoms with van der Waals surface area (Å²) in [6.45, 7) is 6.94. The molecule has 1 aromatic heterocycles.